The van der Waals surface area contributed by atoms with Crippen molar-refractivity contribution in [2.24, 2.45) is 11.1 Å². The van der Waals surface area contributed by atoms with Crippen LogP contribution in [0, 0.1) is 5.41 Å². The summed E-state index contributed by atoms with van der Waals surface area (Å²) in [7, 11) is 0. The summed E-state index contributed by atoms with van der Waals surface area (Å²) in [5, 5.41) is 3.48. The summed E-state index contributed by atoms with van der Waals surface area (Å²) in [5.74, 6) is 1.87. The number of fused-ring (bicyclic) bond motifs is 1. The number of nitrogens with two attached hydrogens (primary N) is 1. The number of rotatable bonds is 4. The van der Waals surface area contributed by atoms with E-state index < -0.39 is 5.41 Å². The quantitative estimate of drug-likeness (QED) is 0.875. The third-order valence-corrected chi connectivity index (χ3v) is 4.51. The average molecular weight is 264 g/mol. The highest BCUT2D eigenvalue weighted by atomic mass is 32.2. The molecule has 1 aromatic rings. The van der Waals surface area contributed by atoms with E-state index in [0.717, 1.165) is 11.5 Å². The highest BCUT2D eigenvalue weighted by Crippen LogP contribution is 2.31. The van der Waals surface area contributed by atoms with Gasteiger partial charge in [0.25, 0.3) is 0 Å². The summed E-state index contributed by atoms with van der Waals surface area (Å²) in [6, 6.07) is 8.82. The van der Waals surface area contributed by atoms with Crippen molar-refractivity contribution in [1.82, 2.24) is 5.32 Å². The van der Waals surface area contributed by atoms with Crippen LogP contribution in [0.15, 0.2) is 24.3 Å². The number of carbonyl (C=O) groups excluding carboxylic acids is 1. The van der Waals surface area contributed by atoms with Crippen LogP contribution in [-0.2, 0) is 10.5 Å². The molecule has 1 unspecified atom stereocenters. The largest absolute Gasteiger partial charge is 0.369 e. The van der Waals surface area contributed by atoms with Crippen molar-refractivity contribution in [3.8, 4) is 0 Å². The molecule has 0 bridgehead atoms. The lowest BCUT2D eigenvalue weighted by Crippen LogP contribution is -2.42. The van der Waals surface area contributed by atoms with E-state index in [-0.39, 0.29) is 5.91 Å². The van der Waals surface area contributed by atoms with E-state index in [0.29, 0.717) is 12.6 Å². The van der Waals surface area contributed by atoms with Gasteiger partial charge >= 0.3 is 0 Å². The van der Waals surface area contributed by atoms with Crippen LogP contribution in [0.5, 0.6) is 0 Å². The van der Waals surface area contributed by atoms with Crippen molar-refractivity contribution in [2.75, 3.05) is 12.3 Å². The van der Waals surface area contributed by atoms with Crippen molar-refractivity contribution in [3.63, 3.8) is 0 Å². The molecule has 0 radical (unpaired) electrons. The summed E-state index contributed by atoms with van der Waals surface area (Å²) >= 11 is 1.93. The molecule has 0 spiro atoms. The van der Waals surface area contributed by atoms with Crippen LogP contribution in [0.2, 0.25) is 0 Å². The van der Waals surface area contributed by atoms with E-state index in [2.05, 4.69) is 29.6 Å². The Kier molecular flexibility index (Phi) is 3.97. The van der Waals surface area contributed by atoms with Gasteiger partial charge in [-0.05, 0) is 25.0 Å². The predicted octanol–water partition coefficient (Wildman–Crippen LogP) is 2.08. The number of hydrogen-bond donors (Lipinski definition) is 2. The molecular weight excluding hydrogens is 244 g/mol. The number of hydrogen-bond acceptors (Lipinski definition) is 3. The maximum absolute atomic E-state index is 11.3. The van der Waals surface area contributed by atoms with Crippen LogP contribution in [0.25, 0.3) is 0 Å². The molecule has 0 saturated carbocycles. The molecule has 1 amide bonds. The second-order valence-corrected chi connectivity index (χ2v) is 6.43. The number of nitrogens with one attached hydrogen (secondary N) is 1. The summed E-state index contributed by atoms with van der Waals surface area (Å²) in [5.41, 5.74) is 7.64. The molecule has 1 aliphatic heterocycles. The van der Waals surface area contributed by atoms with Crippen molar-refractivity contribution < 1.29 is 4.79 Å². The van der Waals surface area contributed by atoms with Gasteiger partial charge in [-0.1, -0.05) is 24.3 Å². The molecule has 1 atom stereocenters. The Bertz CT molecular complexity index is 445. The van der Waals surface area contributed by atoms with E-state index >= 15 is 0 Å². The Morgan fingerprint density at radius 3 is 2.94 bits per heavy atom. The lowest BCUT2D eigenvalue weighted by molar-refractivity contribution is -0.125. The van der Waals surface area contributed by atoms with Crippen molar-refractivity contribution in [3.05, 3.63) is 35.4 Å². The molecule has 98 valence electrons. The molecule has 2 rings (SSSR count). The first-order valence-corrected chi connectivity index (χ1v) is 7.35. The maximum Gasteiger partial charge on any atom is 0.224 e. The molecule has 1 aromatic carbocycles. The predicted molar refractivity (Wildman–Crippen MR) is 76.3 cm³/mol. The molecule has 0 aliphatic carbocycles. The van der Waals surface area contributed by atoms with Crippen LogP contribution in [0.4, 0.5) is 0 Å². The summed E-state index contributed by atoms with van der Waals surface area (Å²) < 4.78 is 0. The summed E-state index contributed by atoms with van der Waals surface area (Å²) in [4.78, 5) is 11.3. The van der Waals surface area contributed by atoms with Crippen molar-refractivity contribution in [1.29, 1.82) is 0 Å². The molecule has 0 saturated heterocycles. The third-order valence-electron chi connectivity index (χ3n) is 3.43. The van der Waals surface area contributed by atoms with E-state index in [4.69, 9.17) is 5.73 Å². The SMILES string of the molecule is CC(C)(CNC1CSCc2ccccc21)C(N)=O. The number of thioether (sulfide) groups is 1. The number of benzene rings is 1. The number of carbonyl (C=O) groups is 1. The number of amides is 1. The fourth-order valence-electron chi connectivity index (χ4n) is 2.02. The maximum atomic E-state index is 11.3. The second kappa shape index (κ2) is 5.33. The first-order chi connectivity index (χ1) is 8.50. The molecule has 3 nitrogen and oxygen atoms in total. The third kappa shape index (κ3) is 2.87. The van der Waals surface area contributed by atoms with Crippen LogP contribution >= 0.6 is 11.8 Å². The molecule has 0 aromatic heterocycles. The molecule has 1 heterocycles. The van der Waals surface area contributed by atoms with Gasteiger partial charge in [-0.15, -0.1) is 0 Å². The Morgan fingerprint density at radius 1 is 1.50 bits per heavy atom. The lowest BCUT2D eigenvalue weighted by Gasteiger charge is -2.29. The molecule has 0 fully saturated rings. The standard InChI is InChI=1S/C14H20N2OS/c1-14(2,13(15)17)9-16-12-8-18-7-10-5-3-4-6-11(10)12/h3-6,12,16H,7-9H2,1-2H3,(H2,15,17). The summed E-state index contributed by atoms with van der Waals surface area (Å²) in [6.45, 7) is 4.37. The molecule has 18 heavy (non-hydrogen) atoms. The zero-order valence-electron chi connectivity index (χ0n) is 10.9. The van der Waals surface area contributed by atoms with Gasteiger partial charge in [0.15, 0.2) is 0 Å². The van der Waals surface area contributed by atoms with Gasteiger partial charge in [-0.25, -0.2) is 0 Å². The average Bonchev–Trinajstić information content (AvgIpc) is 2.36. The zero-order valence-corrected chi connectivity index (χ0v) is 11.7. The zero-order chi connectivity index (χ0) is 13.2. The summed E-state index contributed by atoms with van der Waals surface area (Å²) in [6.07, 6.45) is 0. The minimum absolute atomic E-state index is 0.258. The topological polar surface area (TPSA) is 55.1 Å². The van der Waals surface area contributed by atoms with Gasteiger partial charge < -0.3 is 11.1 Å². The van der Waals surface area contributed by atoms with Gasteiger partial charge in [0.2, 0.25) is 5.91 Å². The van der Waals surface area contributed by atoms with Gasteiger partial charge in [0.1, 0.15) is 0 Å². The Labute approximate surface area is 113 Å². The van der Waals surface area contributed by atoms with Crippen LogP contribution < -0.4 is 11.1 Å². The lowest BCUT2D eigenvalue weighted by atomic mass is 9.91. The molecule has 3 N–H and O–H groups in total. The van der Waals surface area contributed by atoms with E-state index in [1.807, 2.05) is 25.6 Å². The normalized spacial score (nSPS) is 19.3. The Morgan fingerprint density at radius 2 is 2.22 bits per heavy atom. The fraction of sp³-hybridized carbons (Fsp3) is 0.500. The Balaban J connectivity index is 2.06. The van der Waals surface area contributed by atoms with E-state index in [1.165, 1.54) is 11.1 Å². The van der Waals surface area contributed by atoms with Gasteiger partial charge in [0, 0.05) is 24.1 Å². The van der Waals surface area contributed by atoms with Crippen molar-refractivity contribution >= 4 is 17.7 Å². The highest BCUT2D eigenvalue weighted by molar-refractivity contribution is 7.98. The first-order valence-electron chi connectivity index (χ1n) is 6.19. The monoisotopic (exact) mass is 264 g/mol. The minimum atomic E-state index is -0.503. The smallest absolute Gasteiger partial charge is 0.224 e. The van der Waals surface area contributed by atoms with Crippen LogP contribution in [0.3, 0.4) is 0 Å². The van der Waals surface area contributed by atoms with E-state index in [9.17, 15) is 4.79 Å². The molecule has 4 heteroatoms. The minimum Gasteiger partial charge on any atom is -0.369 e. The van der Waals surface area contributed by atoms with Gasteiger partial charge in [-0.3, -0.25) is 4.79 Å². The highest BCUT2D eigenvalue weighted by Gasteiger charge is 2.27. The van der Waals surface area contributed by atoms with Crippen LogP contribution in [-0.4, -0.2) is 18.2 Å². The molecular formula is C14H20N2OS. The first kappa shape index (κ1) is 13.4. The fourth-order valence-corrected chi connectivity index (χ4v) is 3.15. The second-order valence-electron chi connectivity index (χ2n) is 5.40. The van der Waals surface area contributed by atoms with E-state index in [1.54, 1.807) is 0 Å². The van der Waals surface area contributed by atoms with Gasteiger partial charge in [0.05, 0.1) is 5.41 Å². The number of primary amides is 1. The van der Waals surface area contributed by atoms with Crippen molar-refractivity contribution in [2.45, 2.75) is 25.6 Å². The Hall–Kier alpha value is -1.00. The molecule has 1 aliphatic rings. The van der Waals surface area contributed by atoms with Crippen LogP contribution in [0.1, 0.15) is 31.0 Å². The van der Waals surface area contributed by atoms with Gasteiger partial charge in [-0.2, -0.15) is 11.8 Å².